The molecule has 0 spiro atoms. The Hall–Kier alpha value is -1.26. The maximum absolute atomic E-state index is 12.2. The van der Waals surface area contributed by atoms with Crippen molar-refractivity contribution in [3.05, 3.63) is 0 Å². The van der Waals surface area contributed by atoms with E-state index >= 15 is 0 Å². The van der Waals surface area contributed by atoms with Crippen molar-refractivity contribution in [2.45, 2.75) is 44.6 Å². The number of hydrogen-bond donors (Lipinski definition) is 1. The Morgan fingerprint density at radius 2 is 1.89 bits per heavy atom. The molecule has 0 aromatic heterocycles. The average Bonchev–Trinajstić information content (AvgIpc) is 2.37. The molecule has 2 rings (SSSR count). The Morgan fingerprint density at radius 1 is 1.22 bits per heavy atom. The molecule has 0 radical (unpaired) electrons. The van der Waals surface area contributed by atoms with Crippen LogP contribution in [0.1, 0.15) is 38.5 Å². The van der Waals surface area contributed by atoms with Gasteiger partial charge in [0.2, 0.25) is 5.91 Å². The van der Waals surface area contributed by atoms with Crippen LogP contribution in [-0.2, 0) is 4.79 Å². The normalized spacial score (nSPS) is 27.5. The highest BCUT2D eigenvalue weighted by Gasteiger charge is 2.35. The zero-order chi connectivity index (χ0) is 13.1. The van der Waals surface area contributed by atoms with Crippen LogP contribution in [0.15, 0.2) is 0 Å². The van der Waals surface area contributed by atoms with Gasteiger partial charge in [-0.15, -0.1) is 0 Å². The lowest BCUT2D eigenvalue weighted by atomic mass is 9.78. The summed E-state index contributed by atoms with van der Waals surface area (Å²) in [6.07, 6.45) is 7.23. The summed E-state index contributed by atoms with van der Waals surface area (Å²) < 4.78 is 0. The number of hydrogen-bond acceptors (Lipinski definition) is 2. The maximum Gasteiger partial charge on any atom is 0.314 e. The molecule has 5 heteroatoms. The fourth-order valence-corrected chi connectivity index (χ4v) is 3.31. The second kappa shape index (κ2) is 5.59. The Labute approximate surface area is 108 Å². The standard InChI is InChI=1S/C13H23N3O2/c1-15(13(14)18)9-12(17)16-8-4-6-10-5-2-3-7-11(10)16/h10-11H,2-9H2,1H3,(H2,14,18)/t10-,11-/m1/s1. The average molecular weight is 253 g/mol. The number of carbonyl (C=O) groups is 2. The van der Waals surface area contributed by atoms with Crippen LogP contribution in [0, 0.1) is 5.92 Å². The second-order valence-corrected chi connectivity index (χ2v) is 5.54. The van der Waals surface area contributed by atoms with Crippen LogP contribution in [0.4, 0.5) is 4.79 Å². The van der Waals surface area contributed by atoms with Crippen molar-refractivity contribution < 1.29 is 9.59 Å². The summed E-state index contributed by atoms with van der Waals surface area (Å²) in [4.78, 5) is 26.5. The van der Waals surface area contributed by atoms with Gasteiger partial charge in [-0.1, -0.05) is 12.8 Å². The van der Waals surface area contributed by atoms with E-state index in [4.69, 9.17) is 5.73 Å². The van der Waals surface area contributed by atoms with E-state index in [1.54, 1.807) is 7.05 Å². The first kappa shape index (κ1) is 13.2. The largest absolute Gasteiger partial charge is 0.351 e. The van der Waals surface area contributed by atoms with Gasteiger partial charge in [-0.3, -0.25) is 4.79 Å². The number of likely N-dealkylation sites (tertiary alicyclic amines) is 1. The van der Waals surface area contributed by atoms with Crippen LogP contribution in [0.3, 0.4) is 0 Å². The third-order valence-corrected chi connectivity index (χ3v) is 4.31. The number of piperidine rings is 1. The molecule has 102 valence electrons. The van der Waals surface area contributed by atoms with Crippen molar-refractivity contribution in [2.24, 2.45) is 11.7 Å². The van der Waals surface area contributed by atoms with E-state index in [-0.39, 0.29) is 12.5 Å². The molecule has 2 atom stereocenters. The van der Waals surface area contributed by atoms with Crippen LogP contribution in [-0.4, -0.2) is 47.9 Å². The predicted octanol–water partition coefficient (Wildman–Crippen LogP) is 1.18. The molecule has 2 fully saturated rings. The van der Waals surface area contributed by atoms with E-state index in [9.17, 15) is 9.59 Å². The Bertz CT molecular complexity index is 330. The summed E-state index contributed by atoms with van der Waals surface area (Å²) in [5.41, 5.74) is 5.16. The Balaban J connectivity index is 1.97. The van der Waals surface area contributed by atoms with E-state index in [1.807, 2.05) is 4.90 Å². The molecule has 5 nitrogen and oxygen atoms in total. The summed E-state index contributed by atoms with van der Waals surface area (Å²) >= 11 is 0. The number of nitrogens with two attached hydrogens (primary N) is 1. The third-order valence-electron chi connectivity index (χ3n) is 4.31. The van der Waals surface area contributed by atoms with Gasteiger partial charge in [0.05, 0.1) is 0 Å². The SMILES string of the molecule is CN(CC(=O)N1CCC[C@H]2CCCC[C@H]21)C(N)=O. The highest BCUT2D eigenvalue weighted by atomic mass is 16.2. The van der Waals surface area contributed by atoms with Gasteiger partial charge in [-0.05, 0) is 31.6 Å². The van der Waals surface area contributed by atoms with Crippen LogP contribution in [0.5, 0.6) is 0 Å². The van der Waals surface area contributed by atoms with E-state index in [1.165, 1.54) is 30.6 Å². The molecule has 18 heavy (non-hydrogen) atoms. The van der Waals surface area contributed by atoms with Crippen molar-refractivity contribution in [3.63, 3.8) is 0 Å². The molecule has 0 bridgehead atoms. The van der Waals surface area contributed by atoms with Gasteiger partial charge < -0.3 is 15.5 Å². The molecule has 1 saturated heterocycles. The summed E-state index contributed by atoms with van der Waals surface area (Å²) in [5.74, 6) is 0.725. The number of fused-ring (bicyclic) bond motifs is 1. The van der Waals surface area contributed by atoms with Crippen LogP contribution < -0.4 is 5.73 Å². The van der Waals surface area contributed by atoms with E-state index in [0.717, 1.165) is 19.4 Å². The molecule has 0 unspecified atom stereocenters. The predicted molar refractivity (Wildman–Crippen MR) is 68.9 cm³/mol. The van der Waals surface area contributed by atoms with E-state index < -0.39 is 6.03 Å². The minimum Gasteiger partial charge on any atom is -0.351 e. The van der Waals surface area contributed by atoms with Gasteiger partial charge in [0, 0.05) is 19.6 Å². The maximum atomic E-state index is 12.2. The number of urea groups is 1. The number of rotatable bonds is 2. The quantitative estimate of drug-likeness (QED) is 0.803. The summed E-state index contributed by atoms with van der Waals surface area (Å²) in [7, 11) is 1.57. The first-order valence-electron chi connectivity index (χ1n) is 6.89. The van der Waals surface area contributed by atoms with Crippen LogP contribution in [0.25, 0.3) is 0 Å². The van der Waals surface area contributed by atoms with Gasteiger partial charge in [0.25, 0.3) is 0 Å². The summed E-state index contributed by atoms with van der Waals surface area (Å²) in [6, 6.07) is -0.137. The first-order chi connectivity index (χ1) is 8.59. The number of primary amides is 1. The lowest BCUT2D eigenvalue weighted by Crippen LogP contribution is -2.53. The lowest BCUT2D eigenvalue weighted by Gasteiger charge is -2.44. The van der Waals surface area contributed by atoms with Gasteiger partial charge in [-0.2, -0.15) is 0 Å². The molecule has 2 aliphatic rings. The smallest absolute Gasteiger partial charge is 0.314 e. The van der Waals surface area contributed by atoms with Gasteiger partial charge in [-0.25, -0.2) is 4.79 Å². The monoisotopic (exact) mass is 253 g/mol. The summed E-state index contributed by atoms with van der Waals surface area (Å²) in [5, 5.41) is 0. The van der Waals surface area contributed by atoms with Crippen LogP contribution >= 0.6 is 0 Å². The third kappa shape index (κ3) is 2.76. The molecule has 1 aliphatic carbocycles. The molecule has 0 aromatic carbocycles. The molecular weight excluding hydrogens is 230 g/mol. The highest BCUT2D eigenvalue weighted by Crippen LogP contribution is 2.35. The molecule has 2 N–H and O–H groups in total. The molecule has 1 aliphatic heterocycles. The number of nitrogens with zero attached hydrogens (tertiary/aromatic N) is 2. The van der Waals surface area contributed by atoms with E-state index in [2.05, 4.69) is 0 Å². The number of amides is 3. The molecule has 1 heterocycles. The fourth-order valence-electron chi connectivity index (χ4n) is 3.31. The zero-order valence-electron chi connectivity index (χ0n) is 11.1. The van der Waals surface area contributed by atoms with Crippen molar-refractivity contribution >= 4 is 11.9 Å². The van der Waals surface area contributed by atoms with E-state index in [0.29, 0.717) is 12.0 Å². The first-order valence-corrected chi connectivity index (χ1v) is 6.89. The lowest BCUT2D eigenvalue weighted by molar-refractivity contribution is -0.137. The van der Waals surface area contributed by atoms with Gasteiger partial charge in [0.15, 0.2) is 0 Å². The number of carbonyl (C=O) groups excluding carboxylic acids is 2. The van der Waals surface area contributed by atoms with Crippen molar-refractivity contribution in [1.29, 1.82) is 0 Å². The molecule has 1 saturated carbocycles. The van der Waals surface area contributed by atoms with Crippen molar-refractivity contribution in [2.75, 3.05) is 20.1 Å². The topological polar surface area (TPSA) is 66.6 Å². The molecular formula is C13H23N3O2. The Kier molecular flexibility index (Phi) is 4.09. The van der Waals surface area contributed by atoms with Crippen LogP contribution in [0.2, 0.25) is 0 Å². The fraction of sp³-hybridized carbons (Fsp3) is 0.846. The zero-order valence-corrected chi connectivity index (χ0v) is 11.1. The minimum absolute atomic E-state index is 0.0490. The number of likely N-dealkylation sites (N-methyl/N-ethyl adjacent to an activating group) is 1. The van der Waals surface area contributed by atoms with Crippen molar-refractivity contribution in [3.8, 4) is 0 Å². The van der Waals surface area contributed by atoms with Gasteiger partial charge >= 0.3 is 6.03 Å². The summed E-state index contributed by atoms with van der Waals surface area (Å²) in [6.45, 7) is 0.950. The second-order valence-electron chi connectivity index (χ2n) is 5.54. The Morgan fingerprint density at radius 3 is 2.61 bits per heavy atom. The molecule has 3 amide bonds. The van der Waals surface area contributed by atoms with Gasteiger partial charge in [0.1, 0.15) is 6.54 Å². The minimum atomic E-state index is -0.541. The van der Waals surface area contributed by atoms with Crippen molar-refractivity contribution in [1.82, 2.24) is 9.80 Å². The highest BCUT2D eigenvalue weighted by molar-refractivity contribution is 5.83. The molecule has 0 aromatic rings.